The van der Waals surface area contributed by atoms with E-state index < -0.39 is 16.1 Å². The second kappa shape index (κ2) is 3.74. The lowest BCUT2D eigenvalue weighted by molar-refractivity contribution is 0.392. The number of aliphatic hydroxyl groups excluding tert-OH is 1. The number of nitrogens with zero attached hydrogens (tertiary/aromatic N) is 1. The molecule has 2 rings (SSSR count). The van der Waals surface area contributed by atoms with E-state index >= 15 is 0 Å². The molecule has 1 aromatic carbocycles. The maximum atomic E-state index is 11.5. The van der Waals surface area contributed by atoms with E-state index in [4.69, 9.17) is 9.84 Å². The van der Waals surface area contributed by atoms with E-state index in [1.807, 2.05) is 4.72 Å². The van der Waals surface area contributed by atoms with Gasteiger partial charge in [-0.1, -0.05) is 0 Å². The molecule has 0 spiro atoms. The minimum atomic E-state index is -3.89. The standard InChI is InChI=1S/C9H10N2O5S/c1-16-6-2-3-7(8(12)4-6)11-5-9(13)10-17(11,14)15/h2-5,10,12-13H,1H3. The van der Waals surface area contributed by atoms with Crippen LogP contribution in [0.25, 0.3) is 0 Å². The molecule has 0 unspecified atom stereocenters. The number of ether oxygens (including phenoxy) is 1. The second-order valence-electron chi connectivity index (χ2n) is 3.27. The molecule has 1 aromatic rings. The van der Waals surface area contributed by atoms with Crippen molar-refractivity contribution in [3.8, 4) is 11.5 Å². The van der Waals surface area contributed by atoms with Gasteiger partial charge in [-0.15, -0.1) is 0 Å². The van der Waals surface area contributed by atoms with E-state index in [0.717, 1.165) is 10.5 Å². The van der Waals surface area contributed by atoms with E-state index in [1.54, 1.807) is 0 Å². The van der Waals surface area contributed by atoms with Gasteiger partial charge in [0.1, 0.15) is 17.2 Å². The van der Waals surface area contributed by atoms with E-state index in [2.05, 4.69) is 0 Å². The molecule has 0 amide bonds. The minimum absolute atomic E-state index is 0.0161. The van der Waals surface area contributed by atoms with Crippen molar-refractivity contribution in [2.45, 2.75) is 0 Å². The second-order valence-corrected chi connectivity index (χ2v) is 4.82. The normalized spacial score (nSPS) is 17.5. The van der Waals surface area contributed by atoms with Crippen molar-refractivity contribution in [2.24, 2.45) is 0 Å². The van der Waals surface area contributed by atoms with Crippen molar-refractivity contribution in [3.05, 3.63) is 30.3 Å². The highest BCUT2D eigenvalue weighted by Gasteiger charge is 2.30. The Labute approximate surface area is 97.7 Å². The fraction of sp³-hybridized carbons (Fsp3) is 0.111. The van der Waals surface area contributed by atoms with Crippen LogP contribution in [0.15, 0.2) is 30.3 Å². The molecule has 0 fully saturated rings. The Kier molecular flexibility index (Phi) is 2.50. The number of hydrogen-bond acceptors (Lipinski definition) is 5. The molecule has 0 saturated heterocycles. The van der Waals surface area contributed by atoms with Crippen LogP contribution in [-0.4, -0.2) is 25.7 Å². The maximum Gasteiger partial charge on any atom is 0.330 e. The Bertz CT molecular complexity index is 581. The van der Waals surface area contributed by atoms with Crippen molar-refractivity contribution in [3.63, 3.8) is 0 Å². The summed E-state index contributed by atoms with van der Waals surface area (Å²) >= 11 is 0. The van der Waals surface area contributed by atoms with Gasteiger partial charge in [-0.05, 0) is 12.1 Å². The Morgan fingerprint density at radius 2 is 2.06 bits per heavy atom. The van der Waals surface area contributed by atoms with Crippen LogP contribution in [0, 0.1) is 0 Å². The summed E-state index contributed by atoms with van der Waals surface area (Å²) in [4.78, 5) is 0. The van der Waals surface area contributed by atoms with Crippen LogP contribution in [0.1, 0.15) is 0 Å². The Hall–Kier alpha value is -2.09. The van der Waals surface area contributed by atoms with Crippen LogP contribution in [-0.2, 0) is 10.2 Å². The summed E-state index contributed by atoms with van der Waals surface area (Å²) in [5, 5.41) is 18.8. The average Bonchev–Trinajstić information content (AvgIpc) is 2.51. The molecular formula is C9H10N2O5S. The van der Waals surface area contributed by atoms with Crippen molar-refractivity contribution in [1.29, 1.82) is 0 Å². The molecule has 17 heavy (non-hydrogen) atoms. The number of phenols is 1. The number of nitrogens with one attached hydrogen (secondary N) is 1. The number of aromatic hydroxyl groups is 1. The third-order valence-electron chi connectivity index (χ3n) is 2.15. The highest BCUT2D eigenvalue weighted by atomic mass is 32.2. The zero-order chi connectivity index (χ0) is 12.6. The predicted octanol–water partition coefficient (Wildman–Crippen LogP) is 0.412. The first-order valence-electron chi connectivity index (χ1n) is 4.54. The van der Waals surface area contributed by atoms with Gasteiger partial charge in [-0.25, -0.2) is 9.03 Å². The monoisotopic (exact) mass is 258 g/mol. The molecule has 92 valence electrons. The topological polar surface area (TPSA) is 99.1 Å². The van der Waals surface area contributed by atoms with Crippen LogP contribution in [0.4, 0.5) is 5.69 Å². The first-order valence-corrected chi connectivity index (χ1v) is 5.98. The van der Waals surface area contributed by atoms with Crippen LogP contribution < -0.4 is 13.8 Å². The van der Waals surface area contributed by atoms with Gasteiger partial charge in [0.15, 0.2) is 0 Å². The minimum Gasteiger partial charge on any atom is -0.506 e. The highest BCUT2D eigenvalue weighted by molar-refractivity contribution is 7.91. The van der Waals surface area contributed by atoms with E-state index in [-0.39, 0.29) is 11.4 Å². The molecule has 0 radical (unpaired) electrons. The van der Waals surface area contributed by atoms with Gasteiger partial charge >= 0.3 is 10.2 Å². The molecule has 0 saturated carbocycles. The quantitative estimate of drug-likeness (QED) is 0.713. The largest absolute Gasteiger partial charge is 0.506 e. The molecular weight excluding hydrogens is 248 g/mol. The zero-order valence-corrected chi connectivity index (χ0v) is 9.60. The molecule has 3 N–H and O–H groups in total. The predicted molar refractivity (Wildman–Crippen MR) is 59.9 cm³/mol. The molecule has 1 heterocycles. The Balaban J connectivity index is 2.48. The first kappa shape index (κ1) is 11.4. The molecule has 0 aromatic heterocycles. The fourth-order valence-electron chi connectivity index (χ4n) is 1.40. The van der Waals surface area contributed by atoms with Gasteiger partial charge in [-0.3, -0.25) is 0 Å². The summed E-state index contributed by atoms with van der Waals surface area (Å²) in [6.45, 7) is 0. The van der Waals surface area contributed by atoms with Gasteiger partial charge in [0.2, 0.25) is 5.88 Å². The van der Waals surface area contributed by atoms with Crippen LogP contribution in [0.2, 0.25) is 0 Å². The Morgan fingerprint density at radius 3 is 2.53 bits per heavy atom. The van der Waals surface area contributed by atoms with E-state index in [0.29, 0.717) is 5.75 Å². The van der Waals surface area contributed by atoms with Crippen LogP contribution in [0.3, 0.4) is 0 Å². The number of anilines is 1. The zero-order valence-electron chi connectivity index (χ0n) is 8.78. The summed E-state index contributed by atoms with van der Waals surface area (Å²) in [5.41, 5.74) is 0.0161. The summed E-state index contributed by atoms with van der Waals surface area (Å²) in [6, 6.07) is 4.13. The summed E-state index contributed by atoms with van der Waals surface area (Å²) in [7, 11) is -2.47. The highest BCUT2D eigenvalue weighted by Crippen LogP contribution is 2.34. The van der Waals surface area contributed by atoms with Crippen molar-refractivity contribution in [2.75, 3.05) is 11.4 Å². The number of methoxy groups -OCH3 is 1. The molecule has 1 aliphatic heterocycles. The third-order valence-corrected chi connectivity index (χ3v) is 3.44. The number of phenolic OH excluding ortho intramolecular Hbond substituents is 1. The smallest absolute Gasteiger partial charge is 0.330 e. The van der Waals surface area contributed by atoms with Crippen LogP contribution in [0.5, 0.6) is 11.5 Å². The fourth-order valence-corrected chi connectivity index (χ4v) is 2.47. The number of aliphatic hydroxyl groups is 1. The lowest BCUT2D eigenvalue weighted by Gasteiger charge is -2.15. The number of hydrogen-bond donors (Lipinski definition) is 3. The van der Waals surface area contributed by atoms with Gasteiger partial charge in [-0.2, -0.15) is 8.42 Å². The van der Waals surface area contributed by atoms with Crippen molar-refractivity contribution in [1.82, 2.24) is 4.72 Å². The number of benzene rings is 1. The lowest BCUT2D eigenvalue weighted by Crippen LogP contribution is -2.29. The van der Waals surface area contributed by atoms with Crippen LogP contribution >= 0.6 is 0 Å². The lowest BCUT2D eigenvalue weighted by atomic mass is 10.3. The average molecular weight is 258 g/mol. The van der Waals surface area contributed by atoms with Gasteiger partial charge < -0.3 is 14.9 Å². The molecule has 7 nitrogen and oxygen atoms in total. The molecule has 1 aliphatic rings. The molecule has 0 aliphatic carbocycles. The van der Waals surface area contributed by atoms with Crippen molar-refractivity contribution < 1.29 is 23.4 Å². The van der Waals surface area contributed by atoms with Gasteiger partial charge in [0.25, 0.3) is 0 Å². The molecule has 0 atom stereocenters. The third kappa shape index (κ3) is 1.94. The molecule has 0 bridgehead atoms. The first-order chi connectivity index (χ1) is 7.94. The molecule has 8 heteroatoms. The van der Waals surface area contributed by atoms with E-state index in [1.165, 1.54) is 25.3 Å². The van der Waals surface area contributed by atoms with E-state index in [9.17, 15) is 13.5 Å². The van der Waals surface area contributed by atoms with Crippen molar-refractivity contribution >= 4 is 15.9 Å². The number of rotatable bonds is 2. The Morgan fingerprint density at radius 1 is 1.35 bits per heavy atom. The maximum absolute atomic E-state index is 11.5. The summed E-state index contributed by atoms with van der Waals surface area (Å²) in [5.74, 6) is -0.398. The summed E-state index contributed by atoms with van der Waals surface area (Å²) in [6.07, 6.45) is 0.955. The van der Waals surface area contributed by atoms with Gasteiger partial charge in [0, 0.05) is 6.07 Å². The SMILES string of the molecule is COc1ccc(N2C=C(O)NS2(=O)=O)c(O)c1. The summed E-state index contributed by atoms with van der Waals surface area (Å²) < 4.78 is 30.6. The van der Waals surface area contributed by atoms with Gasteiger partial charge in [0.05, 0.1) is 13.3 Å².